The fourth-order valence-electron chi connectivity index (χ4n) is 3.00. The molecule has 2 rings (SSSR count). The number of benzene rings is 1. The summed E-state index contributed by atoms with van der Waals surface area (Å²) in [4.78, 5) is 12.1. The number of phenolic OH excluding ortho intramolecular Hbond substituents is 1. The Labute approximate surface area is 115 Å². The largest absolute Gasteiger partial charge is 0.508 e. The van der Waals surface area contributed by atoms with E-state index >= 15 is 0 Å². The van der Waals surface area contributed by atoms with Crippen LogP contribution in [-0.4, -0.2) is 17.1 Å². The van der Waals surface area contributed by atoms with E-state index in [1.54, 1.807) is 18.2 Å². The molecule has 104 valence electrons. The summed E-state index contributed by atoms with van der Waals surface area (Å²) in [5.74, 6) is 0.909. The van der Waals surface area contributed by atoms with E-state index in [4.69, 9.17) is 0 Å². The van der Waals surface area contributed by atoms with E-state index < -0.39 is 0 Å². The molecule has 19 heavy (non-hydrogen) atoms. The molecule has 0 aromatic heterocycles. The second-order valence-corrected chi connectivity index (χ2v) is 5.47. The second kappa shape index (κ2) is 6.60. The van der Waals surface area contributed by atoms with Crippen LogP contribution >= 0.6 is 0 Å². The number of rotatable bonds is 4. The van der Waals surface area contributed by atoms with Crippen LogP contribution in [0.5, 0.6) is 5.75 Å². The average molecular weight is 261 g/mol. The van der Waals surface area contributed by atoms with Crippen molar-refractivity contribution in [1.29, 1.82) is 0 Å². The van der Waals surface area contributed by atoms with Gasteiger partial charge in [0.2, 0.25) is 5.91 Å². The number of nitrogens with one attached hydrogen (secondary N) is 1. The van der Waals surface area contributed by atoms with Crippen LogP contribution in [0.2, 0.25) is 0 Å². The fraction of sp³-hybridized carbons (Fsp3) is 0.562. The molecule has 2 unspecified atom stereocenters. The lowest BCUT2D eigenvalue weighted by atomic mass is 9.83. The Morgan fingerprint density at radius 1 is 1.37 bits per heavy atom. The van der Waals surface area contributed by atoms with Crippen LogP contribution in [0.25, 0.3) is 0 Å². The van der Waals surface area contributed by atoms with Gasteiger partial charge in [0.25, 0.3) is 0 Å². The summed E-state index contributed by atoms with van der Waals surface area (Å²) in [6, 6.07) is 7.25. The Hall–Kier alpha value is -1.51. The van der Waals surface area contributed by atoms with Gasteiger partial charge in [0.05, 0.1) is 6.42 Å². The summed E-state index contributed by atoms with van der Waals surface area (Å²) in [6.07, 6.45) is 6.32. The zero-order valence-corrected chi connectivity index (χ0v) is 11.6. The van der Waals surface area contributed by atoms with Crippen molar-refractivity contribution in [3.63, 3.8) is 0 Å². The first-order valence-corrected chi connectivity index (χ1v) is 7.26. The number of amides is 1. The quantitative estimate of drug-likeness (QED) is 0.875. The van der Waals surface area contributed by atoms with Gasteiger partial charge in [0, 0.05) is 6.04 Å². The van der Waals surface area contributed by atoms with Gasteiger partial charge < -0.3 is 10.4 Å². The summed E-state index contributed by atoms with van der Waals surface area (Å²) < 4.78 is 0. The minimum absolute atomic E-state index is 0.0657. The Bertz CT molecular complexity index is 431. The topological polar surface area (TPSA) is 49.3 Å². The summed E-state index contributed by atoms with van der Waals surface area (Å²) in [5, 5.41) is 12.6. The number of phenols is 1. The Morgan fingerprint density at radius 2 is 2.16 bits per heavy atom. The predicted molar refractivity (Wildman–Crippen MR) is 76.0 cm³/mol. The summed E-state index contributed by atoms with van der Waals surface area (Å²) in [5.41, 5.74) is 0.862. The molecular formula is C16H23NO2. The molecule has 1 fully saturated rings. The van der Waals surface area contributed by atoms with E-state index in [2.05, 4.69) is 12.2 Å². The van der Waals surface area contributed by atoms with Crippen molar-refractivity contribution in [2.24, 2.45) is 5.92 Å². The Balaban J connectivity index is 1.90. The highest BCUT2D eigenvalue weighted by molar-refractivity contribution is 5.79. The number of hydrogen-bond donors (Lipinski definition) is 2. The van der Waals surface area contributed by atoms with Crippen LogP contribution in [0.4, 0.5) is 0 Å². The molecule has 0 heterocycles. The number of carbonyl (C=O) groups excluding carboxylic acids is 1. The molecule has 2 N–H and O–H groups in total. The van der Waals surface area contributed by atoms with E-state index in [-0.39, 0.29) is 11.7 Å². The second-order valence-electron chi connectivity index (χ2n) is 5.47. The number of carbonyl (C=O) groups is 1. The first-order valence-electron chi connectivity index (χ1n) is 7.26. The molecule has 2 atom stereocenters. The van der Waals surface area contributed by atoms with E-state index in [1.165, 1.54) is 19.3 Å². The van der Waals surface area contributed by atoms with E-state index in [0.717, 1.165) is 18.4 Å². The molecule has 0 bridgehead atoms. The van der Waals surface area contributed by atoms with Crippen LogP contribution in [0.1, 0.15) is 44.6 Å². The minimum Gasteiger partial charge on any atom is -0.508 e. The van der Waals surface area contributed by atoms with Crippen LogP contribution in [-0.2, 0) is 11.2 Å². The molecule has 1 amide bonds. The molecule has 0 saturated heterocycles. The lowest BCUT2D eigenvalue weighted by molar-refractivity contribution is -0.121. The molecule has 1 aliphatic rings. The normalized spacial score (nSPS) is 23.0. The summed E-state index contributed by atoms with van der Waals surface area (Å²) >= 11 is 0. The maximum Gasteiger partial charge on any atom is 0.224 e. The van der Waals surface area contributed by atoms with Gasteiger partial charge in [0.15, 0.2) is 0 Å². The standard InChI is InChI=1S/C16H23NO2/c1-2-13-7-3-4-9-15(13)17-16(19)11-12-6-5-8-14(18)10-12/h5-6,8,10,13,15,18H,2-4,7,9,11H2,1H3,(H,17,19). The average Bonchev–Trinajstić information content (AvgIpc) is 2.39. The smallest absolute Gasteiger partial charge is 0.224 e. The lowest BCUT2D eigenvalue weighted by Crippen LogP contribution is -2.42. The third-order valence-corrected chi connectivity index (χ3v) is 4.06. The molecule has 1 aliphatic carbocycles. The van der Waals surface area contributed by atoms with Gasteiger partial charge in [-0.2, -0.15) is 0 Å². The fourth-order valence-corrected chi connectivity index (χ4v) is 3.00. The highest BCUT2D eigenvalue weighted by Gasteiger charge is 2.24. The van der Waals surface area contributed by atoms with Crippen molar-refractivity contribution in [1.82, 2.24) is 5.32 Å². The van der Waals surface area contributed by atoms with Crippen molar-refractivity contribution in [3.8, 4) is 5.75 Å². The first kappa shape index (κ1) is 13.9. The number of aromatic hydroxyl groups is 1. The molecule has 0 radical (unpaired) electrons. The van der Waals surface area contributed by atoms with Crippen molar-refractivity contribution < 1.29 is 9.90 Å². The molecule has 1 aromatic carbocycles. The van der Waals surface area contributed by atoms with Crippen molar-refractivity contribution in [3.05, 3.63) is 29.8 Å². The summed E-state index contributed by atoms with van der Waals surface area (Å²) in [7, 11) is 0. The van der Waals surface area contributed by atoms with Gasteiger partial charge in [-0.1, -0.05) is 38.3 Å². The Kier molecular flexibility index (Phi) is 4.83. The zero-order chi connectivity index (χ0) is 13.7. The SMILES string of the molecule is CCC1CCCCC1NC(=O)Cc1cccc(O)c1. The zero-order valence-electron chi connectivity index (χ0n) is 11.6. The first-order chi connectivity index (χ1) is 9.19. The minimum atomic E-state index is 0.0657. The molecule has 1 aromatic rings. The highest BCUT2D eigenvalue weighted by Crippen LogP contribution is 2.26. The highest BCUT2D eigenvalue weighted by atomic mass is 16.3. The molecule has 3 heteroatoms. The van der Waals surface area contributed by atoms with Crippen LogP contribution in [0, 0.1) is 5.92 Å². The van der Waals surface area contributed by atoms with Gasteiger partial charge >= 0.3 is 0 Å². The van der Waals surface area contributed by atoms with Gasteiger partial charge in [-0.25, -0.2) is 0 Å². The van der Waals surface area contributed by atoms with Crippen LogP contribution in [0.3, 0.4) is 0 Å². The van der Waals surface area contributed by atoms with Crippen molar-refractivity contribution >= 4 is 5.91 Å². The van der Waals surface area contributed by atoms with E-state index in [1.807, 2.05) is 6.07 Å². The maximum atomic E-state index is 12.1. The molecule has 0 aliphatic heterocycles. The van der Waals surface area contributed by atoms with Crippen molar-refractivity contribution in [2.75, 3.05) is 0 Å². The van der Waals surface area contributed by atoms with Gasteiger partial charge in [0.1, 0.15) is 5.75 Å². The van der Waals surface area contributed by atoms with E-state index in [9.17, 15) is 9.90 Å². The molecule has 0 spiro atoms. The summed E-state index contributed by atoms with van der Waals surface area (Å²) in [6.45, 7) is 2.20. The maximum absolute atomic E-state index is 12.1. The van der Waals surface area contributed by atoms with Gasteiger partial charge in [-0.05, 0) is 36.5 Å². The van der Waals surface area contributed by atoms with Crippen LogP contribution in [0.15, 0.2) is 24.3 Å². The van der Waals surface area contributed by atoms with Gasteiger partial charge in [-0.3, -0.25) is 4.79 Å². The third kappa shape index (κ3) is 3.98. The van der Waals surface area contributed by atoms with Crippen LogP contribution < -0.4 is 5.32 Å². The Morgan fingerprint density at radius 3 is 2.89 bits per heavy atom. The monoisotopic (exact) mass is 261 g/mol. The molecule has 3 nitrogen and oxygen atoms in total. The molecular weight excluding hydrogens is 238 g/mol. The van der Waals surface area contributed by atoms with Gasteiger partial charge in [-0.15, -0.1) is 0 Å². The number of hydrogen-bond acceptors (Lipinski definition) is 2. The predicted octanol–water partition coefficient (Wildman–Crippen LogP) is 3.02. The third-order valence-electron chi connectivity index (χ3n) is 4.06. The van der Waals surface area contributed by atoms with Crippen molar-refractivity contribution in [2.45, 2.75) is 51.5 Å². The lowest BCUT2D eigenvalue weighted by Gasteiger charge is -2.31. The van der Waals surface area contributed by atoms with E-state index in [0.29, 0.717) is 18.4 Å². The molecule has 1 saturated carbocycles.